The Kier molecular flexibility index (Phi) is 4.35. The summed E-state index contributed by atoms with van der Waals surface area (Å²) < 4.78 is 35.7. The van der Waals surface area contributed by atoms with Crippen LogP contribution >= 0.6 is 0 Å². The molecule has 0 amide bonds. The van der Waals surface area contributed by atoms with Crippen LogP contribution in [0.3, 0.4) is 0 Å². The van der Waals surface area contributed by atoms with Crippen molar-refractivity contribution in [2.45, 2.75) is 38.5 Å². The topological polar surface area (TPSA) is 20.2 Å². The molecular weight excluding hydrogens is 217 g/mol. The highest BCUT2D eigenvalue weighted by atomic mass is 19.4. The van der Waals surface area contributed by atoms with Crippen LogP contribution < -0.4 is 0 Å². The van der Waals surface area contributed by atoms with E-state index in [0.717, 1.165) is 5.56 Å². The smallest absolute Gasteiger partial charge is 0.388 e. The van der Waals surface area contributed by atoms with Gasteiger partial charge in [0.15, 0.2) is 0 Å². The molecule has 0 radical (unpaired) electrons. The number of hydrogen-bond acceptors (Lipinski definition) is 1. The molecule has 1 unspecified atom stereocenters. The minimum Gasteiger partial charge on any atom is -0.388 e. The number of hydrogen-bond donors (Lipinski definition) is 1. The lowest BCUT2D eigenvalue weighted by Gasteiger charge is -2.14. The molecule has 0 spiro atoms. The van der Waals surface area contributed by atoms with Gasteiger partial charge in [-0.25, -0.2) is 0 Å². The Hall–Kier alpha value is -1.03. The van der Waals surface area contributed by atoms with Gasteiger partial charge < -0.3 is 5.11 Å². The summed E-state index contributed by atoms with van der Waals surface area (Å²) in [6, 6.07) is 7.19. The minimum absolute atomic E-state index is 0.0427. The lowest BCUT2D eigenvalue weighted by Crippen LogP contribution is -2.08. The van der Waals surface area contributed by atoms with E-state index in [1.165, 1.54) is 0 Å². The van der Waals surface area contributed by atoms with E-state index in [2.05, 4.69) is 0 Å². The first-order valence-electron chi connectivity index (χ1n) is 5.20. The summed E-state index contributed by atoms with van der Waals surface area (Å²) in [6.45, 7) is 1.84. The van der Waals surface area contributed by atoms with E-state index in [4.69, 9.17) is 0 Å². The third kappa shape index (κ3) is 4.23. The summed E-state index contributed by atoms with van der Waals surface area (Å²) in [4.78, 5) is 0. The summed E-state index contributed by atoms with van der Waals surface area (Å²) in [6.07, 6.45) is -5.67. The van der Waals surface area contributed by atoms with E-state index in [1.54, 1.807) is 12.1 Å². The zero-order chi connectivity index (χ0) is 12.2. The molecule has 0 heterocycles. The molecule has 0 aromatic heterocycles. The summed E-state index contributed by atoms with van der Waals surface area (Å²) >= 11 is 0. The molecule has 0 saturated heterocycles. The predicted molar refractivity (Wildman–Crippen MR) is 56.0 cm³/mol. The van der Waals surface area contributed by atoms with Gasteiger partial charge in [-0.15, -0.1) is 0 Å². The molecule has 1 nitrogen and oxygen atoms in total. The van der Waals surface area contributed by atoms with Gasteiger partial charge in [-0.05, 0) is 30.9 Å². The maximum absolute atomic E-state index is 11.9. The Labute approximate surface area is 92.9 Å². The number of rotatable bonds is 4. The second-order valence-electron chi connectivity index (χ2n) is 3.88. The van der Waals surface area contributed by atoms with Gasteiger partial charge in [0.2, 0.25) is 0 Å². The van der Waals surface area contributed by atoms with Gasteiger partial charge in [-0.1, -0.05) is 24.3 Å². The van der Waals surface area contributed by atoms with E-state index >= 15 is 0 Å². The quantitative estimate of drug-likeness (QED) is 0.838. The van der Waals surface area contributed by atoms with Crippen LogP contribution in [0.25, 0.3) is 0 Å². The molecule has 0 aliphatic carbocycles. The van der Waals surface area contributed by atoms with Crippen molar-refractivity contribution in [3.63, 3.8) is 0 Å². The maximum Gasteiger partial charge on any atom is 0.389 e. The highest BCUT2D eigenvalue weighted by Crippen LogP contribution is 2.27. The summed E-state index contributed by atoms with van der Waals surface area (Å²) in [5, 5.41) is 9.73. The van der Waals surface area contributed by atoms with Gasteiger partial charge in [-0.3, -0.25) is 0 Å². The summed E-state index contributed by atoms with van der Waals surface area (Å²) in [7, 11) is 0. The van der Waals surface area contributed by atoms with Crippen molar-refractivity contribution in [1.29, 1.82) is 0 Å². The molecule has 1 rings (SSSR count). The van der Waals surface area contributed by atoms with Gasteiger partial charge in [0.25, 0.3) is 0 Å². The van der Waals surface area contributed by atoms with E-state index in [1.807, 2.05) is 19.1 Å². The fraction of sp³-hybridized carbons (Fsp3) is 0.500. The van der Waals surface area contributed by atoms with Crippen LogP contribution in [-0.2, 0) is 0 Å². The Morgan fingerprint density at radius 1 is 1.25 bits per heavy atom. The molecule has 1 aromatic carbocycles. The molecule has 16 heavy (non-hydrogen) atoms. The van der Waals surface area contributed by atoms with Crippen LogP contribution in [0, 0.1) is 6.92 Å². The van der Waals surface area contributed by atoms with Crippen LogP contribution in [0.1, 0.15) is 36.5 Å². The molecule has 1 atom stereocenters. The SMILES string of the molecule is Cc1ccccc1C(O)CCCC(F)(F)F. The van der Waals surface area contributed by atoms with Gasteiger partial charge >= 0.3 is 6.18 Å². The monoisotopic (exact) mass is 232 g/mol. The molecule has 0 aliphatic heterocycles. The maximum atomic E-state index is 11.9. The number of aliphatic hydroxyl groups excluding tert-OH is 1. The number of aryl methyl sites for hydroxylation is 1. The normalized spacial score (nSPS) is 13.8. The van der Waals surface area contributed by atoms with E-state index in [-0.39, 0.29) is 12.8 Å². The summed E-state index contributed by atoms with van der Waals surface area (Å²) in [5.74, 6) is 0. The number of alkyl halides is 3. The van der Waals surface area contributed by atoms with Crippen molar-refractivity contribution in [2.24, 2.45) is 0 Å². The minimum atomic E-state index is -4.13. The largest absolute Gasteiger partial charge is 0.389 e. The standard InChI is InChI=1S/C12H15F3O/c1-9-5-2-3-6-10(9)11(16)7-4-8-12(13,14)15/h2-3,5-6,11,16H,4,7-8H2,1H3. The average Bonchev–Trinajstić information content (AvgIpc) is 2.16. The van der Waals surface area contributed by atoms with Gasteiger partial charge in [-0.2, -0.15) is 13.2 Å². The van der Waals surface area contributed by atoms with Crippen molar-refractivity contribution in [3.8, 4) is 0 Å². The van der Waals surface area contributed by atoms with E-state index in [0.29, 0.717) is 5.56 Å². The molecule has 1 N–H and O–H groups in total. The third-order valence-corrected chi connectivity index (χ3v) is 2.49. The number of halogens is 3. The van der Waals surface area contributed by atoms with Crippen molar-refractivity contribution in [2.75, 3.05) is 0 Å². The second kappa shape index (κ2) is 5.34. The highest BCUT2D eigenvalue weighted by molar-refractivity contribution is 5.27. The van der Waals surface area contributed by atoms with E-state index < -0.39 is 18.7 Å². The van der Waals surface area contributed by atoms with Gasteiger partial charge in [0, 0.05) is 6.42 Å². The zero-order valence-electron chi connectivity index (χ0n) is 9.09. The molecule has 0 bridgehead atoms. The Balaban J connectivity index is 2.47. The molecule has 0 saturated carbocycles. The van der Waals surface area contributed by atoms with Gasteiger partial charge in [0.1, 0.15) is 0 Å². The van der Waals surface area contributed by atoms with Crippen LogP contribution in [0.4, 0.5) is 13.2 Å². The lowest BCUT2D eigenvalue weighted by molar-refractivity contribution is -0.136. The van der Waals surface area contributed by atoms with Crippen LogP contribution in [0.5, 0.6) is 0 Å². The second-order valence-corrected chi connectivity index (χ2v) is 3.88. The van der Waals surface area contributed by atoms with Crippen LogP contribution in [-0.4, -0.2) is 11.3 Å². The molecule has 90 valence electrons. The van der Waals surface area contributed by atoms with Gasteiger partial charge in [0.05, 0.1) is 6.10 Å². The molecule has 4 heteroatoms. The highest BCUT2D eigenvalue weighted by Gasteiger charge is 2.26. The molecule has 0 aliphatic rings. The fourth-order valence-electron chi connectivity index (χ4n) is 1.61. The first kappa shape index (κ1) is 13.0. The first-order chi connectivity index (χ1) is 7.40. The Morgan fingerprint density at radius 3 is 2.44 bits per heavy atom. The predicted octanol–water partition coefficient (Wildman–Crippen LogP) is 3.76. The molecule has 1 aromatic rings. The van der Waals surface area contributed by atoms with Crippen molar-refractivity contribution >= 4 is 0 Å². The first-order valence-corrected chi connectivity index (χ1v) is 5.20. The van der Waals surface area contributed by atoms with Crippen molar-refractivity contribution < 1.29 is 18.3 Å². The number of aliphatic hydroxyl groups is 1. The molecular formula is C12H15F3O. The van der Waals surface area contributed by atoms with Crippen LogP contribution in [0.15, 0.2) is 24.3 Å². The van der Waals surface area contributed by atoms with Crippen molar-refractivity contribution in [3.05, 3.63) is 35.4 Å². The van der Waals surface area contributed by atoms with Crippen LogP contribution in [0.2, 0.25) is 0 Å². The Morgan fingerprint density at radius 2 is 1.88 bits per heavy atom. The average molecular weight is 232 g/mol. The van der Waals surface area contributed by atoms with Crippen molar-refractivity contribution in [1.82, 2.24) is 0 Å². The zero-order valence-corrected chi connectivity index (χ0v) is 9.09. The summed E-state index contributed by atoms with van der Waals surface area (Å²) in [5.41, 5.74) is 1.62. The Bertz CT molecular complexity index is 333. The fourth-order valence-corrected chi connectivity index (χ4v) is 1.61. The molecule has 0 fully saturated rings. The number of benzene rings is 1. The third-order valence-electron chi connectivity index (χ3n) is 2.49. The van der Waals surface area contributed by atoms with E-state index in [9.17, 15) is 18.3 Å². The lowest BCUT2D eigenvalue weighted by atomic mass is 9.99.